The number of sulfonamides is 1. The summed E-state index contributed by atoms with van der Waals surface area (Å²) in [4.78, 5) is 28.3. The lowest BCUT2D eigenvalue weighted by molar-refractivity contribution is -0.139. The summed E-state index contributed by atoms with van der Waals surface area (Å²) in [5.41, 5.74) is 3.17. The first kappa shape index (κ1) is 27.9. The molecule has 0 bridgehead atoms. The first-order valence-corrected chi connectivity index (χ1v) is 13.8. The van der Waals surface area contributed by atoms with E-state index in [4.69, 9.17) is 0 Å². The Labute approximate surface area is 220 Å². The van der Waals surface area contributed by atoms with Gasteiger partial charge in [-0.05, 0) is 62.6 Å². The van der Waals surface area contributed by atoms with E-state index in [1.807, 2.05) is 45.0 Å². The van der Waals surface area contributed by atoms with Crippen LogP contribution < -0.4 is 9.62 Å². The summed E-state index contributed by atoms with van der Waals surface area (Å²) < 4.78 is 28.6. The van der Waals surface area contributed by atoms with E-state index in [0.717, 1.165) is 27.4 Å². The number of para-hydroxylation sites is 1. The highest BCUT2D eigenvalue weighted by Gasteiger charge is 2.32. The molecule has 0 heterocycles. The van der Waals surface area contributed by atoms with Crippen LogP contribution in [0.4, 0.5) is 5.69 Å². The maximum atomic E-state index is 13.8. The van der Waals surface area contributed by atoms with Gasteiger partial charge in [-0.15, -0.1) is 0 Å². The zero-order chi connectivity index (χ0) is 27.0. The van der Waals surface area contributed by atoms with Gasteiger partial charge in [-0.3, -0.25) is 13.9 Å². The van der Waals surface area contributed by atoms with Crippen LogP contribution in [0.2, 0.25) is 0 Å². The number of aryl methyl sites for hydroxylation is 2. The fraction of sp³-hybridized carbons (Fsp3) is 0.310. The van der Waals surface area contributed by atoms with Crippen LogP contribution in [0.15, 0.2) is 83.8 Å². The van der Waals surface area contributed by atoms with Gasteiger partial charge in [0.25, 0.3) is 10.0 Å². The fourth-order valence-electron chi connectivity index (χ4n) is 3.91. The lowest BCUT2D eigenvalue weighted by Crippen LogP contribution is -2.51. The monoisotopic (exact) mass is 521 g/mol. The van der Waals surface area contributed by atoms with Gasteiger partial charge in [0.2, 0.25) is 11.8 Å². The normalized spacial score (nSPS) is 12.0. The van der Waals surface area contributed by atoms with Gasteiger partial charge in [-0.2, -0.15) is 0 Å². The second-order valence-corrected chi connectivity index (χ2v) is 10.9. The van der Waals surface area contributed by atoms with Crippen molar-refractivity contribution >= 4 is 27.5 Å². The lowest BCUT2D eigenvalue weighted by Gasteiger charge is -2.32. The number of rotatable bonds is 11. The molecule has 3 rings (SSSR count). The van der Waals surface area contributed by atoms with E-state index in [9.17, 15) is 18.0 Å². The molecule has 8 heteroatoms. The van der Waals surface area contributed by atoms with E-state index in [1.165, 1.54) is 17.0 Å². The van der Waals surface area contributed by atoms with Crippen molar-refractivity contribution < 1.29 is 18.0 Å². The highest BCUT2D eigenvalue weighted by Crippen LogP contribution is 2.25. The third kappa shape index (κ3) is 6.98. The van der Waals surface area contributed by atoms with Crippen molar-refractivity contribution in [3.8, 4) is 0 Å². The van der Waals surface area contributed by atoms with Gasteiger partial charge in [0, 0.05) is 13.1 Å². The summed E-state index contributed by atoms with van der Waals surface area (Å²) in [6.45, 7) is 7.67. The van der Waals surface area contributed by atoms with Gasteiger partial charge in [0.05, 0.1) is 10.6 Å². The molecule has 2 amide bonds. The Morgan fingerprint density at radius 3 is 2.14 bits per heavy atom. The summed E-state index contributed by atoms with van der Waals surface area (Å²) in [5, 5.41) is 2.85. The predicted octanol–water partition coefficient (Wildman–Crippen LogP) is 4.44. The highest BCUT2D eigenvalue weighted by molar-refractivity contribution is 7.92. The minimum atomic E-state index is -4.06. The Morgan fingerprint density at radius 2 is 1.51 bits per heavy atom. The number of benzene rings is 3. The Kier molecular flexibility index (Phi) is 9.47. The van der Waals surface area contributed by atoms with Crippen molar-refractivity contribution in [2.75, 3.05) is 17.4 Å². The quantitative estimate of drug-likeness (QED) is 0.404. The highest BCUT2D eigenvalue weighted by atomic mass is 32.2. The third-order valence-corrected chi connectivity index (χ3v) is 8.04. The number of carbonyl (C=O) groups is 2. The van der Waals surface area contributed by atoms with Crippen LogP contribution in [0.3, 0.4) is 0 Å². The number of anilines is 1. The molecular weight excluding hydrogens is 486 g/mol. The van der Waals surface area contributed by atoms with Crippen molar-refractivity contribution in [3.05, 3.63) is 95.6 Å². The predicted molar refractivity (Wildman–Crippen MR) is 147 cm³/mol. The number of hydrogen-bond donors (Lipinski definition) is 1. The van der Waals surface area contributed by atoms with Crippen LogP contribution in [0.25, 0.3) is 0 Å². The van der Waals surface area contributed by atoms with Crippen LogP contribution in [0.5, 0.6) is 0 Å². The first-order chi connectivity index (χ1) is 17.6. The molecule has 1 atom stereocenters. The summed E-state index contributed by atoms with van der Waals surface area (Å²) in [7, 11) is -4.06. The van der Waals surface area contributed by atoms with Crippen molar-refractivity contribution in [1.29, 1.82) is 0 Å². The van der Waals surface area contributed by atoms with Crippen LogP contribution in [-0.2, 0) is 26.2 Å². The summed E-state index contributed by atoms with van der Waals surface area (Å²) in [6.07, 6.45) is 0.765. The summed E-state index contributed by atoms with van der Waals surface area (Å²) in [6, 6.07) is 21.9. The second kappa shape index (κ2) is 12.5. The van der Waals surface area contributed by atoms with Crippen LogP contribution >= 0.6 is 0 Å². The lowest BCUT2D eigenvalue weighted by atomic mass is 10.1. The Bertz CT molecular complexity index is 1310. The molecule has 1 N–H and O–H groups in total. The first-order valence-electron chi connectivity index (χ1n) is 12.4. The average molecular weight is 522 g/mol. The largest absolute Gasteiger partial charge is 0.354 e. The third-order valence-electron chi connectivity index (χ3n) is 6.25. The van der Waals surface area contributed by atoms with Crippen molar-refractivity contribution in [2.45, 2.75) is 51.6 Å². The zero-order valence-electron chi connectivity index (χ0n) is 21.8. The van der Waals surface area contributed by atoms with Crippen molar-refractivity contribution in [2.24, 2.45) is 0 Å². The number of carbonyl (C=O) groups excluding carboxylic acids is 2. The maximum Gasteiger partial charge on any atom is 0.264 e. The van der Waals surface area contributed by atoms with E-state index in [2.05, 4.69) is 5.32 Å². The topological polar surface area (TPSA) is 86.8 Å². The number of hydrogen-bond acceptors (Lipinski definition) is 4. The molecule has 0 unspecified atom stereocenters. The summed E-state index contributed by atoms with van der Waals surface area (Å²) >= 11 is 0. The van der Waals surface area contributed by atoms with Crippen molar-refractivity contribution in [3.63, 3.8) is 0 Å². The minimum absolute atomic E-state index is 0.0916. The van der Waals surface area contributed by atoms with Crippen molar-refractivity contribution in [1.82, 2.24) is 10.2 Å². The molecule has 0 radical (unpaired) electrons. The molecular formula is C29H35N3O4S. The molecule has 3 aromatic carbocycles. The number of amides is 2. The molecule has 0 aromatic heterocycles. The molecule has 0 aliphatic rings. The van der Waals surface area contributed by atoms with E-state index >= 15 is 0 Å². The zero-order valence-corrected chi connectivity index (χ0v) is 22.7. The van der Waals surface area contributed by atoms with Gasteiger partial charge in [-0.1, -0.05) is 67.1 Å². The molecule has 3 aromatic rings. The maximum absolute atomic E-state index is 13.8. The van der Waals surface area contributed by atoms with Crippen LogP contribution in [-0.4, -0.2) is 44.3 Å². The molecule has 0 saturated heterocycles. The van der Waals surface area contributed by atoms with Gasteiger partial charge < -0.3 is 10.2 Å². The minimum Gasteiger partial charge on any atom is -0.354 e. The van der Waals surface area contributed by atoms with E-state index < -0.39 is 28.5 Å². The standard InChI is InChI=1S/C29H35N3O4S/c1-5-19-30-29(34)24(4)31(20-25-12-10-9-11-23(25)3)28(33)21-32(26-13-7-6-8-14-26)37(35,36)27-17-15-22(2)16-18-27/h6-18,24H,5,19-21H2,1-4H3,(H,30,34)/t24-/m0/s1. The van der Waals surface area contributed by atoms with E-state index in [1.54, 1.807) is 49.4 Å². The Morgan fingerprint density at radius 1 is 0.892 bits per heavy atom. The molecule has 196 valence electrons. The van der Waals surface area contributed by atoms with E-state index in [-0.39, 0.29) is 17.3 Å². The van der Waals surface area contributed by atoms with Gasteiger partial charge in [0.1, 0.15) is 12.6 Å². The number of nitrogens with one attached hydrogen (secondary N) is 1. The summed E-state index contributed by atoms with van der Waals surface area (Å²) in [5.74, 6) is -0.752. The van der Waals surface area contributed by atoms with Crippen LogP contribution in [0.1, 0.15) is 37.0 Å². The fourth-order valence-corrected chi connectivity index (χ4v) is 5.32. The molecule has 37 heavy (non-hydrogen) atoms. The SMILES string of the molecule is CCCNC(=O)[C@H](C)N(Cc1ccccc1C)C(=O)CN(c1ccccc1)S(=O)(=O)c1ccc(C)cc1. The smallest absolute Gasteiger partial charge is 0.264 e. The molecule has 0 saturated carbocycles. The van der Waals surface area contributed by atoms with Gasteiger partial charge in [-0.25, -0.2) is 8.42 Å². The average Bonchev–Trinajstić information content (AvgIpc) is 2.90. The Hall–Kier alpha value is -3.65. The van der Waals surface area contributed by atoms with E-state index in [0.29, 0.717) is 12.2 Å². The molecule has 0 spiro atoms. The molecule has 0 aliphatic heterocycles. The van der Waals surface area contributed by atoms with Gasteiger partial charge in [0.15, 0.2) is 0 Å². The van der Waals surface area contributed by atoms with Gasteiger partial charge >= 0.3 is 0 Å². The van der Waals surface area contributed by atoms with Crippen LogP contribution in [0, 0.1) is 13.8 Å². The molecule has 7 nitrogen and oxygen atoms in total. The Balaban J connectivity index is 2.00. The molecule has 0 fully saturated rings. The molecule has 0 aliphatic carbocycles. The second-order valence-electron chi connectivity index (χ2n) is 9.08. The number of nitrogens with zero attached hydrogens (tertiary/aromatic N) is 2.